The molecule has 140 valence electrons. The molecule has 1 atom stereocenters. The summed E-state index contributed by atoms with van der Waals surface area (Å²) in [5.74, 6) is 1.39. The summed E-state index contributed by atoms with van der Waals surface area (Å²) in [7, 11) is 0. The molecule has 0 bridgehead atoms. The predicted molar refractivity (Wildman–Crippen MR) is 110 cm³/mol. The maximum absolute atomic E-state index is 12.8. The summed E-state index contributed by atoms with van der Waals surface area (Å²) in [5, 5.41) is 0. The van der Waals surface area contributed by atoms with Crippen molar-refractivity contribution < 1.29 is 4.79 Å². The van der Waals surface area contributed by atoms with Crippen molar-refractivity contribution in [2.24, 2.45) is 0 Å². The van der Waals surface area contributed by atoms with Crippen molar-refractivity contribution >= 4 is 22.6 Å². The van der Waals surface area contributed by atoms with Gasteiger partial charge in [-0.05, 0) is 55.7 Å². The number of hydrogen-bond acceptors (Lipinski definition) is 2. The van der Waals surface area contributed by atoms with Crippen LogP contribution in [-0.4, -0.2) is 22.0 Å². The van der Waals surface area contributed by atoms with E-state index in [2.05, 4.69) is 61.7 Å². The molecule has 27 heavy (non-hydrogen) atoms. The first-order valence-electron chi connectivity index (χ1n) is 9.90. The number of rotatable bonds is 5. The number of anilines is 1. The van der Waals surface area contributed by atoms with Crippen molar-refractivity contribution in [1.82, 2.24) is 9.55 Å². The highest BCUT2D eigenvalue weighted by atomic mass is 16.2. The summed E-state index contributed by atoms with van der Waals surface area (Å²) in [6, 6.07) is 14.7. The molecule has 0 aliphatic carbocycles. The van der Waals surface area contributed by atoms with Crippen LogP contribution in [0.25, 0.3) is 11.0 Å². The average molecular weight is 361 g/mol. The van der Waals surface area contributed by atoms with E-state index in [1.54, 1.807) is 0 Å². The van der Waals surface area contributed by atoms with Crippen molar-refractivity contribution in [1.29, 1.82) is 0 Å². The van der Waals surface area contributed by atoms with Crippen molar-refractivity contribution in [3.05, 3.63) is 59.4 Å². The minimum atomic E-state index is 0.141. The maximum atomic E-state index is 12.8. The summed E-state index contributed by atoms with van der Waals surface area (Å²) in [6.45, 7) is 8.04. The molecule has 0 N–H and O–H groups in total. The van der Waals surface area contributed by atoms with Gasteiger partial charge in [0.25, 0.3) is 0 Å². The molecule has 1 saturated heterocycles. The van der Waals surface area contributed by atoms with Gasteiger partial charge in [-0.15, -0.1) is 0 Å². The van der Waals surface area contributed by atoms with Crippen LogP contribution in [0.15, 0.2) is 42.5 Å². The minimum absolute atomic E-state index is 0.141. The molecule has 1 amide bonds. The van der Waals surface area contributed by atoms with E-state index in [1.165, 1.54) is 16.6 Å². The second-order valence-corrected chi connectivity index (χ2v) is 7.72. The van der Waals surface area contributed by atoms with Crippen LogP contribution in [0.5, 0.6) is 0 Å². The Bertz CT molecular complexity index is 968. The third kappa shape index (κ3) is 3.36. The minimum Gasteiger partial charge on any atom is -0.328 e. The van der Waals surface area contributed by atoms with E-state index < -0.39 is 0 Å². The van der Waals surface area contributed by atoms with E-state index in [4.69, 9.17) is 4.98 Å². The van der Waals surface area contributed by atoms with Crippen LogP contribution >= 0.6 is 0 Å². The Balaban J connectivity index is 1.69. The number of aromatic nitrogens is 2. The predicted octanol–water partition coefficient (Wildman–Crippen LogP) is 4.97. The lowest BCUT2D eigenvalue weighted by molar-refractivity contribution is -0.117. The first-order valence-corrected chi connectivity index (χ1v) is 9.90. The first-order chi connectivity index (χ1) is 13.1. The highest BCUT2D eigenvalue weighted by Gasteiger charge is 2.34. The number of fused-ring (bicyclic) bond motifs is 1. The molecular formula is C23H27N3O. The van der Waals surface area contributed by atoms with E-state index >= 15 is 0 Å². The molecule has 4 nitrogen and oxygen atoms in total. The van der Waals surface area contributed by atoms with Gasteiger partial charge in [0.1, 0.15) is 5.82 Å². The SMILES string of the molecule is CCCCn1c([C@H]2CC(=O)N(c3cc(C)cc(C)c3)C2)nc2ccccc21. The molecule has 0 radical (unpaired) electrons. The number of unbranched alkanes of at least 4 members (excludes halogenated alkanes) is 1. The molecule has 4 rings (SSSR count). The van der Waals surface area contributed by atoms with Crippen LogP contribution in [0.2, 0.25) is 0 Å². The number of hydrogen-bond donors (Lipinski definition) is 0. The zero-order chi connectivity index (χ0) is 19.0. The molecule has 0 spiro atoms. The monoisotopic (exact) mass is 361 g/mol. The Kier molecular flexibility index (Phi) is 4.73. The van der Waals surface area contributed by atoms with Crippen LogP contribution < -0.4 is 4.90 Å². The second kappa shape index (κ2) is 7.18. The normalized spacial score (nSPS) is 17.2. The van der Waals surface area contributed by atoms with Crippen LogP contribution in [-0.2, 0) is 11.3 Å². The van der Waals surface area contributed by atoms with Crippen LogP contribution in [0, 0.1) is 13.8 Å². The Morgan fingerprint density at radius 3 is 2.59 bits per heavy atom. The van der Waals surface area contributed by atoms with E-state index in [9.17, 15) is 4.79 Å². The number of imidazole rings is 1. The average Bonchev–Trinajstić information content (AvgIpc) is 3.19. The van der Waals surface area contributed by atoms with Crippen LogP contribution in [0.4, 0.5) is 5.69 Å². The second-order valence-electron chi connectivity index (χ2n) is 7.72. The molecule has 1 aliphatic rings. The quantitative estimate of drug-likeness (QED) is 0.643. The van der Waals surface area contributed by atoms with Gasteiger partial charge in [-0.25, -0.2) is 4.98 Å². The van der Waals surface area contributed by atoms with Gasteiger partial charge >= 0.3 is 0 Å². The summed E-state index contributed by atoms with van der Waals surface area (Å²) in [4.78, 5) is 19.7. The maximum Gasteiger partial charge on any atom is 0.227 e. The van der Waals surface area contributed by atoms with Crippen LogP contribution in [0.1, 0.15) is 49.1 Å². The molecule has 4 heteroatoms. The van der Waals surface area contributed by atoms with Gasteiger partial charge in [-0.3, -0.25) is 4.79 Å². The third-order valence-corrected chi connectivity index (χ3v) is 5.43. The Hall–Kier alpha value is -2.62. The van der Waals surface area contributed by atoms with Gasteiger partial charge in [0.15, 0.2) is 0 Å². The molecule has 1 fully saturated rings. The number of nitrogens with zero attached hydrogens (tertiary/aromatic N) is 3. The van der Waals surface area contributed by atoms with Crippen molar-refractivity contribution in [3.63, 3.8) is 0 Å². The number of aryl methyl sites for hydroxylation is 3. The molecule has 2 heterocycles. The Morgan fingerprint density at radius 1 is 1.11 bits per heavy atom. The first kappa shape index (κ1) is 17.8. The molecule has 1 aliphatic heterocycles. The van der Waals surface area contributed by atoms with E-state index in [-0.39, 0.29) is 11.8 Å². The zero-order valence-corrected chi connectivity index (χ0v) is 16.4. The smallest absolute Gasteiger partial charge is 0.227 e. The molecule has 2 aromatic carbocycles. The van der Waals surface area contributed by atoms with Crippen molar-refractivity contribution in [3.8, 4) is 0 Å². The van der Waals surface area contributed by atoms with Gasteiger partial charge in [0.05, 0.1) is 11.0 Å². The number of para-hydroxylation sites is 2. The largest absolute Gasteiger partial charge is 0.328 e. The lowest BCUT2D eigenvalue weighted by atomic mass is 10.1. The van der Waals surface area contributed by atoms with Crippen molar-refractivity contribution in [2.75, 3.05) is 11.4 Å². The number of benzene rings is 2. The van der Waals surface area contributed by atoms with Gasteiger partial charge in [-0.2, -0.15) is 0 Å². The van der Waals surface area contributed by atoms with E-state index in [1.807, 2.05) is 11.0 Å². The summed E-state index contributed by atoms with van der Waals surface area (Å²) in [6.07, 6.45) is 2.79. The molecular weight excluding hydrogens is 334 g/mol. The molecule has 0 unspecified atom stereocenters. The van der Waals surface area contributed by atoms with Crippen LogP contribution in [0.3, 0.4) is 0 Å². The van der Waals surface area contributed by atoms with Gasteiger partial charge < -0.3 is 9.47 Å². The lowest BCUT2D eigenvalue weighted by Crippen LogP contribution is -2.24. The summed E-state index contributed by atoms with van der Waals surface area (Å²) in [5.41, 5.74) is 5.60. The molecule has 0 saturated carbocycles. The summed E-state index contributed by atoms with van der Waals surface area (Å²) >= 11 is 0. The van der Waals surface area contributed by atoms with Gasteiger partial charge in [0.2, 0.25) is 5.91 Å². The van der Waals surface area contributed by atoms with Gasteiger partial charge in [-0.1, -0.05) is 31.5 Å². The highest BCUT2D eigenvalue weighted by Crippen LogP contribution is 2.34. The number of amides is 1. The zero-order valence-electron chi connectivity index (χ0n) is 16.4. The fraction of sp³-hybridized carbons (Fsp3) is 0.391. The number of carbonyl (C=O) groups is 1. The Labute approximate surface area is 160 Å². The highest BCUT2D eigenvalue weighted by molar-refractivity contribution is 5.96. The topological polar surface area (TPSA) is 38.1 Å². The van der Waals surface area contributed by atoms with Crippen molar-refractivity contribution in [2.45, 2.75) is 52.5 Å². The van der Waals surface area contributed by atoms with E-state index in [0.717, 1.165) is 36.4 Å². The lowest BCUT2D eigenvalue weighted by Gasteiger charge is -2.18. The van der Waals surface area contributed by atoms with Gasteiger partial charge in [0, 0.05) is 31.1 Å². The molecule has 1 aromatic heterocycles. The summed E-state index contributed by atoms with van der Waals surface area (Å²) < 4.78 is 2.34. The number of carbonyl (C=O) groups excluding carboxylic acids is 1. The Morgan fingerprint density at radius 2 is 1.85 bits per heavy atom. The third-order valence-electron chi connectivity index (χ3n) is 5.43. The fourth-order valence-electron chi connectivity index (χ4n) is 4.19. The standard InChI is InChI=1S/C23H27N3O/c1-4-5-10-25-21-9-7-6-8-20(21)24-23(25)18-14-22(27)26(15-18)19-12-16(2)11-17(3)13-19/h6-9,11-13,18H,4-5,10,14-15H2,1-3H3/t18-/m0/s1. The molecule has 3 aromatic rings. The fourth-order valence-corrected chi connectivity index (χ4v) is 4.19. The van der Waals surface area contributed by atoms with E-state index in [0.29, 0.717) is 13.0 Å².